The summed E-state index contributed by atoms with van der Waals surface area (Å²) in [6.45, 7) is 4.27. The second-order valence-corrected chi connectivity index (χ2v) is 6.52. The molecule has 0 spiro atoms. The van der Waals surface area contributed by atoms with Crippen molar-refractivity contribution in [2.75, 3.05) is 0 Å². The van der Waals surface area contributed by atoms with Crippen molar-refractivity contribution in [2.45, 2.75) is 39.2 Å². The van der Waals surface area contributed by atoms with Crippen LogP contribution in [0.25, 0.3) is 0 Å². The molecule has 1 atom stereocenters. The van der Waals surface area contributed by atoms with Crippen molar-refractivity contribution < 1.29 is 0 Å². The molecular weight excluding hydrogens is 238 g/mol. The summed E-state index contributed by atoms with van der Waals surface area (Å²) in [5.74, 6) is 0. The Kier molecular flexibility index (Phi) is 3.00. The summed E-state index contributed by atoms with van der Waals surface area (Å²) in [6, 6.07) is 8.99. The predicted octanol–water partition coefficient (Wildman–Crippen LogP) is 3.90. The van der Waals surface area contributed by atoms with Crippen LogP contribution in [0.2, 0.25) is 0 Å². The summed E-state index contributed by atoms with van der Waals surface area (Å²) in [5.41, 5.74) is 11.8. The van der Waals surface area contributed by atoms with Crippen LogP contribution in [0.15, 0.2) is 24.3 Å². The zero-order valence-electron chi connectivity index (χ0n) is 11.0. The molecule has 18 heavy (non-hydrogen) atoms. The molecule has 2 aromatic rings. The van der Waals surface area contributed by atoms with Crippen molar-refractivity contribution in [3.05, 3.63) is 56.3 Å². The average molecular weight is 257 g/mol. The Morgan fingerprint density at radius 1 is 1.06 bits per heavy atom. The first kappa shape index (κ1) is 11.9. The largest absolute Gasteiger partial charge is 0.320 e. The van der Waals surface area contributed by atoms with Crippen LogP contribution in [0.4, 0.5) is 0 Å². The molecule has 1 heterocycles. The van der Waals surface area contributed by atoms with Gasteiger partial charge in [0.05, 0.1) is 6.04 Å². The lowest BCUT2D eigenvalue weighted by molar-refractivity contribution is 0.879. The van der Waals surface area contributed by atoms with Gasteiger partial charge >= 0.3 is 0 Å². The van der Waals surface area contributed by atoms with E-state index in [4.69, 9.17) is 5.73 Å². The molecule has 1 nitrogen and oxygen atoms in total. The maximum absolute atomic E-state index is 6.43. The third-order valence-corrected chi connectivity index (χ3v) is 5.00. The molecule has 1 aliphatic rings. The number of hydrogen-bond acceptors (Lipinski definition) is 2. The highest BCUT2D eigenvalue weighted by Crippen LogP contribution is 2.35. The summed E-state index contributed by atoms with van der Waals surface area (Å²) in [6.07, 6.45) is 3.81. The van der Waals surface area contributed by atoms with Gasteiger partial charge in [-0.15, -0.1) is 11.3 Å². The van der Waals surface area contributed by atoms with Gasteiger partial charge in [-0.2, -0.15) is 0 Å². The lowest BCUT2D eigenvalue weighted by Crippen LogP contribution is -2.10. The summed E-state index contributed by atoms with van der Waals surface area (Å²) in [4.78, 5) is 2.88. The maximum atomic E-state index is 6.43. The minimum atomic E-state index is 0.0409. The number of nitrogens with two attached hydrogens (primary N) is 1. The molecular formula is C16H19NS. The highest BCUT2D eigenvalue weighted by Gasteiger charge is 2.19. The minimum Gasteiger partial charge on any atom is -0.320 e. The van der Waals surface area contributed by atoms with Gasteiger partial charge in [-0.05, 0) is 50.3 Å². The van der Waals surface area contributed by atoms with Crippen LogP contribution >= 0.6 is 11.3 Å². The quantitative estimate of drug-likeness (QED) is 0.867. The molecule has 1 aromatic heterocycles. The van der Waals surface area contributed by atoms with E-state index in [9.17, 15) is 0 Å². The number of rotatable bonds is 2. The van der Waals surface area contributed by atoms with Gasteiger partial charge in [-0.3, -0.25) is 0 Å². The zero-order valence-corrected chi connectivity index (χ0v) is 11.8. The first-order valence-electron chi connectivity index (χ1n) is 6.59. The van der Waals surface area contributed by atoms with Crippen LogP contribution in [0.5, 0.6) is 0 Å². The molecule has 0 bridgehead atoms. The van der Waals surface area contributed by atoms with E-state index in [1.165, 1.54) is 46.4 Å². The fourth-order valence-corrected chi connectivity index (χ4v) is 4.15. The van der Waals surface area contributed by atoms with Gasteiger partial charge in [0.25, 0.3) is 0 Å². The Morgan fingerprint density at radius 2 is 1.78 bits per heavy atom. The lowest BCUT2D eigenvalue weighted by atomic mass is 10.0. The van der Waals surface area contributed by atoms with Gasteiger partial charge in [0.1, 0.15) is 0 Å². The molecule has 0 amide bonds. The molecule has 3 rings (SSSR count). The number of benzene rings is 1. The van der Waals surface area contributed by atoms with Crippen LogP contribution in [0.1, 0.15) is 44.5 Å². The molecule has 2 N–H and O–H groups in total. The maximum Gasteiger partial charge on any atom is 0.0646 e. The number of aryl methyl sites for hydroxylation is 4. The fraction of sp³-hybridized carbons (Fsp3) is 0.375. The van der Waals surface area contributed by atoms with Crippen LogP contribution < -0.4 is 5.73 Å². The van der Waals surface area contributed by atoms with E-state index in [1.54, 1.807) is 4.88 Å². The second-order valence-electron chi connectivity index (χ2n) is 5.35. The fourth-order valence-electron chi connectivity index (χ4n) is 2.86. The monoisotopic (exact) mass is 257 g/mol. The van der Waals surface area contributed by atoms with Crippen LogP contribution in [0, 0.1) is 13.8 Å². The van der Waals surface area contributed by atoms with E-state index in [0.717, 1.165) is 0 Å². The zero-order chi connectivity index (χ0) is 12.7. The van der Waals surface area contributed by atoms with Gasteiger partial charge in [0.15, 0.2) is 0 Å². The molecule has 0 saturated heterocycles. The van der Waals surface area contributed by atoms with E-state index >= 15 is 0 Å². The van der Waals surface area contributed by atoms with Crippen molar-refractivity contribution in [1.82, 2.24) is 0 Å². The van der Waals surface area contributed by atoms with Crippen molar-refractivity contribution >= 4 is 11.3 Å². The smallest absolute Gasteiger partial charge is 0.0646 e. The first-order chi connectivity index (χ1) is 8.63. The highest BCUT2D eigenvalue weighted by molar-refractivity contribution is 7.12. The van der Waals surface area contributed by atoms with E-state index in [2.05, 4.69) is 38.1 Å². The molecule has 1 aromatic carbocycles. The molecule has 2 heteroatoms. The number of hydrogen-bond donors (Lipinski definition) is 1. The molecule has 0 radical (unpaired) electrons. The summed E-state index contributed by atoms with van der Waals surface area (Å²) in [7, 11) is 0. The normalized spacial score (nSPS) is 15.7. The van der Waals surface area contributed by atoms with E-state index in [1.807, 2.05) is 11.3 Å². The Labute approximate surface area is 113 Å². The first-order valence-corrected chi connectivity index (χ1v) is 7.40. The predicted molar refractivity (Wildman–Crippen MR) is 78.3 cm³/mol. The van der Waals surface area contributed by atoms with E-state index in [-0.39, 0.29) is 6.04 Å². The van der Waals surface area contributed by atoms with Crippen molar-refractivity contribution in [2.24, 2.45) is 5.73 Å². The Balaban J connectivity index is 1.95. The van der Waals surface area contributed by atoms with Crippen molar-refractivity contribution in [3.63, 3.8) is 0 Å². The standard InChI is InChI=1S/C16H19NS/c1-10-6-11(2)8-13(7-10)16(17)15-9-12-4-3-5-14(12)18-15/h6-9,16H,3-5,17H2,1-2H3. The Bertz CT molecular complexity index is 541. The van der Waals surface area contributed by atoms with Gasteiger partial charge < -0.3 is 5.73 Å². The third kappa shape index (κ3) is 2.11. The van der Waals surface area contributed by atoms with Gasteiger partial charge in [0, 0.05) is 9.75 Å². The molecule has 0 fully saturated rings. The van der Waals surface area contributed by atoms with Crippen molar-refractivity contribution in [1.29, 1.82) is 0 Å². The summed E-state index contributed by atoms with van der Waals surface area (Å²) in [5, 5.41) is 0. The topological polar surface area (TPSA) is 26.0 Å². The summed E-state index contributed by atoms with van der Waals surface area (Å²) < 4.78 is 0. The molecule has 1 aliphatic carbocycles. The summed E-state index contributed by atoms with van der Waals surface area (Å²) >= 11 is 1.91. The van der Waals surface area contributed by atoms with Gasteiger partial charge in [-0.25, -0.2) is 0 Å². The molecule has 0 saturated carbocycles. The van der Waals surface area contributed by atoms with Gasteiger partial charge in [0.2, 0.25) is 0 Å². The van der Waals surface area contributed by atoms with Crippen LogP contribution in [-0.4, -0.2) is 0 Å². The van der Waals surface area contributed by atoms with Crippen molar-refractivity contribution in [3.8, 4) is 0 Å². The molecule has 1 unspecified atom stereocenters. The van der Waals surface area contributed by atoms with Crippen LogP contribution in [0.3, 0.4) is 0 Å². The average Bonchev–Trinajstić information content (AvgIpc) is 2.86. The highest BCUT2D eigenvalue weighted by atomic mass is 32.1. The third-order valence-electron chi connectivity index (χ3n) is 3.68. The van der Waals surface area contributed by atoms with E-state index in [0.29, 0.717) is 0 Å². The number of fused-ring (bicyclic) bond motifs is 1. The molecule has 0 aliphatic heterocycles. The van der Waals surface area contributed by atoms with Crippen LogP contribution in [-0.2, 0) is 12.8 Å². The second kappa shape index (κ2) is 4.52. The number of thiophene rings is 1. The lowest BCUT2D eigenvalue weighted by Gasteiger charge is -2.12. The Morgan fingerprint density at radius 3 is 2.44 bits per heavy atom. The van der Waals surface area contributed by atoms with Gasteiger partial charge in [-0.1, -0.05) is 29.3 Å². The molecule has 94 valence electrons. The van der Waals surface area contributed by atoms with E-state index < -0.39 is 0 Å². The Hall–Kier alpha value is -1.12. The SMILES string of the molecule is Cc1cc(C)cc(C(N)c2cc3c(s2)CCC3)c1. The minimum absolute atomic E-state index is 0.0409.